The molecule has 2 aromatic rings. The highest BCUT2D eigenvalue weighted by Crippen LogP contribution is 2.53. The van der Waals surface area contributed by atoms with E-state index in [-0.39, 0.29) is 11.9 Å². The van der Waals surface area contributed by atoms with Crippen LogP contribution in [0.5, 0.6) is 5.75 Å². The first kappa shape index (κ1) is 14.3. The third-order valence-electron chi connectivity index (χ3n) is 5.16. The lowest BCUT2D eigenvalue weighted by atomic mass is 9.75. The zero-order valence-electron chi connectivity index (χ0n) is 13.3. The first-order chi connectivity index (χ1) is 11.2. The molecule has 23 heavy (non-hydrogen) atoms. The molecular weight excluding hydrogens is 289 g/mol. The van der Waals surface area contributed by atoms with Gasteiger partial charge in [0.05, 0.1) is 18.8 Å². The Hall–Kier alpha value is -2.29. The lowest BCUT2D eigenvalue weighted by molar-refractivity contribution is 0.391. The van der Waals surface area contributed by atoms with Gasteiger partial charge in [-0.1, -0.05) is 36.4 Å². The largest absolute Gasteiger partial charge is 0.495 e. The minimum Gasteiger partial charge on any atom is -0.495 e. The summed E-state index contributed by atoms with van der Waals surface area (Å²) in [7, 11) is 1.68. The van der Waals surface area contributed by atoms with Gasteiger partial charge in [0.2, 0.25) is 0 Å². The molecule has 0 aromatic heterocycles. The average Bonchev–Trinajstić information content (AvgIpc) is 3.04. The Morgan fingerprint density at radius 1 is 1.17 bits per heavy atom. The van der Waals surface area contributed by atoms with Crippen LogP contribution in [0.15, 0.2) is 48.6 Å². The van der Waals surface area contributed by atoms with Gasteiger partial charge in [-0.2, -0.15) is 0 Å². The summed E-state index contributed by atoms with van der Waals surface area (Å²) in [5.74, 6) is 1.33. The van der Waals surface area contributed by atoms with E-state index < -0.39 is 0 Å². The Balaban J connectivity index is 1.88. The first-order valence-electron chi connectivity index (χ1n) is 8.06. The number of allylic oxidation sites excluding steroid dienone is 2. The van der Waals surface area contributed by atoms with Crippen LogP contribution in [0.2, 0.25) is 0 Å². The molecule has 0 saturated carbocycles. The van der Waals surface area contributed by atoms with Gasteiger partial charge in [-0.25, -0.2) is 4.39 Å². The topological polar surface area (TPSA) is 21.3 Å². The van der Waals surface area contributed by atoms with Crippen LogP contribution in [-0.4, -0.2) is 7.11 Å². The number of hydrogen-bond donors (Lipinski definition) is 1. The van der Waals surface area contributed by atoms with E-state index in [1.165, 1.54) is 17.2 Å². The number of benzene rings is 2. The zero-order chi connectivity index (χ0) is 16.0. The molecule has 0 spiro atoms. The fraction of sp³-hybridized carbons (Fsp3) is 0.300. The molecule has 1 aliphatic carbocycles. The van der Waals surface area contributed by atoms with Crippen molar-refractivity contribution < 1.29 is 9.13 Å². The molecule has 4 rings (SSSR count). The zero-order valence-corrected chi connectivity index (χ0v) is 13.3. The minimum atomic E-state index is -0.147. The van der Waals surface area contributed by atoms with Crippen molar-refractivity contribution in [1.29, 1.82) is 0 Å². The van der Waals surface area contributed by atoms with Gasteiger partial charge in [0.1, 0.15) is 11.6 Å². The molecule has 2 aromatic carbocycles. The lowest BCUT2D eigenvalue weighted by Gasteiger charge is -2.39. The van der Waals surface area contributed by atoms with Crippen molar-refractivity contribution in [1.82, 2.24) is 0 Å². The van der Waals surface area contributed by atoms with Gasteiger partial charge >= 0.3 is 0 Å². The van der Waals surface area contributed by atoms with Crippen LogP contribution < -0.4 is 10.1 Å². The fourth-order valence-electron chi connectivity index (χ4n) is 4.08. The number of hydrogen-bond acceptors (Lipinski definition) is 2. The predicted molar refractivity (Wildman–Crippen MR) is 90.5 cm³/mol. The molecule has 0 bridgehead atoms. The Morgan fingerprint density at radius 2 is 2.00 bits per heavy atom. The summed E-state index contributed by atoms with van der Waals surface area (Å²) in [4.78, 5) is 0. The third-order valence-corrected chi connectivity index (χ3v) is 5.16. The van der Waals surface area contributed by atoms with Crippen molar-refractivity contribution in [2.75, 3.05) is 12.4 Å². The number of methoxy groups -OCH3 is 1. The summed E-state index contributed by atoms with van der Waals surface area (Å²) in [6, 6.07) is 11.1. The molecule has 2 nitrogen and oxygen atoms in total. The Morgan fingerprint density at radius 3 is 2.78 bits per heavy atom. The summed E-state index contributed by atoms with van der Waals surface area (Å²) in [6.45, 7) is 2.13. The highest BCUT2D eigenvalue weighted by molar-refractivity contribution is 5.69. The number of aryl methyl sites for hydroxylation is 1. The summed E-state index contributed by atoms with van der Waals surface area (Å²) in [5.41, 5.74) is 4.28. The molecule has 0 amide bonds. The minimum absolute atomic E-state index is 0.0422. The number of halogens is 1. The number of rotatable bonds is 2. The van der Waals surface area contributed by atoms with Crippen molar-refractivity contribution in [3.8, 4) is 5.75 Å². The van der Waals surface area contributed by atoms with Gasteiger partial charge in [-0.15, -0.1) is 0 Å². The summed E-state index contributed by atoms with van der Waals surface area (Å²) >= 11 is 0. The molecule has 1 N–H and O–H groups in total. The van der Waals surface area contributed by atoms with Crippen LogP contribution in [0.1, 0.15) is 35.1 Å². The maximum atomic E-state index is 14.4. The normalized spacial score (nSPS) is 24.7. The van der Waals surface area contributed by atoms with Gasteiger partial charge in [0.25, 0.3) is 0 Å². The van der Waals surface area contributed by atoms with Crippen molar-refractivity contribution in [3.05, 3.63) is 71.1 Å². The molecule has 1 heterocycles. The molecule has 0 unspecified atom stereocenters. The van der Waals surface area contributed by atoms with E-state index in [0.717, 1.165) is 23.4 Å². The van der Waals surface area contributed by atoms with Gasteiger partial charge in [-0.05, 0) is 42.5 Å². The smallest absolute Gasteiger partial charge is 0.142 e. The standard InChI is InChI=1S/C20H20FNO/c1-12-10-11-17(23-2)20-18(12)13-7-5-8-14(13)19(22-20)15-6-3-4-9-16(15)21/h3-7,9-11,13-14,19,22H,8H2,1-2H3/t13-,14-,19-/m0/s1. The highest BCUT2D eigenvalue weighted by Gasteiger charge is 2.40. The van der Waals surface area contributed by atoms with Crippen molar-refractivity contribution in [2.45, 2.75) is 25.3 Å². The second-order valence-electron chi connectivity index (χ2n) is 6.37. The maximum absolute atomic E-state index is 14.4. The molecule has 118 valence electrons. The second kappa shape index (κ2) is 5.41. The highest BCUT2D eigenvalue weighted by atomic mass is 19.1. The van der Waals surface area contributed by atoms with E-state index >= 15 is 0 Å². The van der Waals surface area contributed by atoms with Crippen LogP contribution in [0.3, 0.4) is 0 Å². The molecule has 0 saturated heterocycles. The molecular formula is C20H20FNO. The van der Waals surface area contributed by atoms with E-state index in [4.69, 9.17) is 4.74 Å². The van der Waals surface area contributed by atoms with Crippen molar-refractivity contribution >= 4 is 5.69 Å². The number of ether oxygens (including phenoxy) is 1. The van der Waals surface area contributed by atoms with Crippen LogP contribution in [0, 0.1) is 18.7 Å². The molecule has 0 fully saturated rings. The summed E-state index contributed by atoms with van der Waals surface area (Å²) < 4.78 is 19.9. The van der Waals surface area contributed by atoms with Gasteiger partial charge < -0.3 is 10.1 Å². The predicted octanol–water partition coefficient (Wildman–Crippen LogP) is 4.97. The molecule has 0 radical (unpaired) electrons. The van der Waals surface area contributed by atoms with E-state index in [2.05, 4.69) is 30.5 Å². The molecule has 2 aliphatic rings. The summed E-state index contributed by atoms with van der Waals surface area (Å²) in [6.07, 6.45) is 5.45. The van der Waals surface area contributed by atoms with Crippen LogP contribution in [0.4, 0.5) is 10.1 Å². The van der Waals surface area contributed by atoms with E-state index in [9.17, 15) is 4.39 Å². The van der Waals surface area contributed by atoms with Crippen LogP contribution in [0.25, 0.3) is 0 Å². The Bertz CT molecular complexity index is 783. The average molecular weight is 309 g/mol. The number of nitrogens with one attached hydrogen (secondary N) is 1. The molecule has 3 heteroatoms. The number of anilines is 1. The lowest BCUT2D eigenvalue weighted by Crippen LogP contribution is -2.30. The van der Waals surface area contributed by atoms with Crippen molar-refractivity contribution in [2.24, 2.45) is 5.92 Å². The van der Waals surface area contributed by atoms with E-state index in [0.29, 0.717) is 11.8 Å². The fourth-order valence-corrected chi connectivity index (χ4v) is 4.08. The number of fused-ring (bicyclic) bond motifs is 3. The van der Waals surface area contributed by atoms with Gasteiger partial charge in [0, 0.05) is 11.5 Å². The van der Waals surface area contributed by atoms with Crippen LogP contribution in [-0.2, 0) is 0 Å². The van der Waals surface area contributed by atoms with Gasteiger partial charge in [-0.3, -0.25) is 0 Å². The Labute approximate surface area is 136 Å². The first-order valence-corrected chi connectivity index (χ1v) is 8.06. The third kappa shape index (κ3) is 2.14. The summed E-state index contributed by atoms with van der Waals surface area (Å²) in [5, 5.41) is 3.58. The Kier molecular flexibility index (Phi) is 3.37. The molecule has 3 atom stereocenters. The van der Waals surface area contributed by atoms with E-state index in [1.807, 2.05) is 18.2 Å². The SMILES string of the molecule is COc1ccc(C)c2c1N[C@H](c1ccccc1F)[C@H]1CC=C[C@H]21. The monoisotopic (exact) mass is 309 g/mol. The van der Waals surface area contributed by atoms with Crippen LogP contribution >= 0.6 is 0 Å². The van der Waals surface area contributed by atoms with Gasteiger partial charge in [0.15, 0.2) is 0 Å². The molecule has 1 aliphatic heterocycles. The van der Waals surface area contributed by atoms with E-state index in [1.54, 1.807) is 13.2 Å². The maximum Gasteiger partial charge on any atom is 0.142 e. The quantitative estimate of drug-likeness (QED) is 0.791. The second-order valence-corrected chi connectivity index (χ2v) is 6.37. The van der Waals surface area contributed by atoms with Crippen molar-refractivity contribution in [3.63, 3.8) is 0 Å².